The number of benzene rings is 2. The van der Waals surface area contributed by atoms with E-state index in [9.17, 15) is 23.1 Å². The van der Waals surface area contributed by atoms with Crippen LogP contribution in [0.5, 0.6) is 5.75 Å². The number of phenols is 1. The van der Waals surface area contributed by atoms with Crippen LogP contribution in [0, 0.1) is 0 Å². The normalized spacial score (nSPS) is 11.1. The number of sulfonamides is 1. The van der Waals surface area contributed by atoms with Crippen LogP contribution in [0.4, 0.5) is 16.2 Å². The summed E-state index contributed by atoms with van der Waals surface area (Å²) in [6.07, 6.45) is -0.474. The molecule has 9 nitrogen and oxygen atoms in total. The minimum atomic E-state index is -4.35. The lowest BCUT2D eigenvalue weighted by Crippen LogP contribution is -2.27. The Kier molecular flexibility index (Phi) is 7.55. The van der Waals surface area contributed by atoms with Gasteiger partial charge in [0, 0.05) is 6.54 Å². The Hall–Kier alpha value is -2.24. The van der Waals surface area contributed by atoms with Crippen LogP contribution in [0.25, 0.3) is 0 Å². The van der Waals surface area contributed by atoms with Gasteiger partial charge >= 0.3 is 12.0 Å². The summed E-state index contributed by atoms with van der Waals surface area (Å²) in [5, 5.41) is 23.6. The van der Waals surface area contributed by atoms with Crippen molar-refractivity contribution in [3.63, 3.8) is 0 Å². The number of halogens is 3. The lowest BCUT2D eigenvalue weighted by molar-refractivity contribution is -0.136. The van der Waals surface area contributed by atoms with Gasteiger partial charge in [0.05, 0.1) is 32.9 Å². The van der Waals surface area contributed by atoms with E-state index in [2.05, 4.69) is 10.6 Å². The van der Waals surface area contributed by atoms with Gasteiger partial charge in [0.2, 0.25) is 10.0 Å². The smallest absolute Gasteiger partial charge is 0.323 e. The van der Waals surface area contributed by atoms with E-state index in [4.69, 9.17) is 39.9 Å². The maximum absolute atomic E-state index is 12.4. The van der Waals surface area contributed by atoms with Crippen molar-refractivity contribution in [2.75, 3.05) is 17.2 Å². The van der Waals surface area contributed by atoms with Crippen molar-refractivity contribution in [2.45, 2.75) is 11.3 Å². The first-order chi connectivity index (χ1) is 13.5. The van der Waals surface area contributed by atoms with Crippen molar-refractivity contribution in [1.82, 2.24) is 4.72 Å². The highest BCUT2D eigenvalue weighted by atomic mass is 35.5. The molecule has 2 aromatic rings. The second-order valence-corrected chi connectivity index (χ2v) is 8.39. The number of carbonyl (C=O) groups excluding carboxylic acids is 1. The molecule has 2 amide bonds. The van der Waals surface area contributed by atoms with E-state index in [0.29, 0.717) is 0 Å². The number of carboxylic acid groups (broad SMARTS) is 1. The van der Waals surface area contributed by atoms with Crippen LogP contribution in [-0.4, -0.2) is 37.2 Å². The quantitative estimate of drug-likeness (QED) is 0.380. The van der Waals surface area contributed by atoms with Crippen LogP contribution in [0.3, 0.4) is 0 Å². The van der Waals surface area contributed by atoms with Gasteiger partial charge < -0.3 is 20.8 Å². The van der Waals surface area contributed by atoms with Gasteiger partial charge in [-0.15, -0.1) is 0 Å². The number of nitrogens with one attached hydrogen (secondary N) is 3. The van der Waals surface area contributed by atoms with Gasteiger partial charge in [-0.05, 0) is 24.3 Å². The molecule has 0 bridgehead atoms. The molecule has 29 heavy (non-hydrogen) atoms. The lowest BCUT2D eigenvalue weighted by Gasteiger charge is -2.14. The first kappa shape index (κ1) is 23.0. The molecule has 0 aromatic heterocycles. The molecule has 0 saturated carbocycles. The molecule has 156 valence electrons. The Morgan fingerprint density at radius 1 is 0.966 bits per heavy atom. The summed E-state index contributed by atoms with van der Waals surface area (Å²) in [6.45, 7) is -0.418. The van der Waals surface area contributed by atoms with Gasteiger partial charge in [0.1, 0.15) is 4.90 Å². The van der Waals surface area contributed by atoms with E-state index in [0.717, 1.165) is 6.07 Å². The largest absolute Gasteiger partial charge is 0.504 e. The molecular formula is C16H14Cl3N3O6S. The number of rotatable bonds is 7. The van der Waals surface area contributed by atoms with Crippen molar-refractivity contribution >= 4 is 68.2 Å². The zero-order valence-corrected chi connectivity index (χ0v) is 17.5. The van der Waals surface area contributed by atoms with E-state index >= 15 is 0 Å². The zero-order valence-electron chi connectivity index (χ0n) is 14.4. The number of carbonyl (C=O) groups is 2. The Morgan fingerprint density at radius 2 is 1.62 bits per heavy atom. The van der Waals surface area contributed by atoms with Gasteiger partial charge in [-0.1, -0.05) is 40.9 Å². The molecule has 5 N–H and O–H groups in total. The molecule has 2 rings (SSSR count). The number of aromatic hydroxyl groups is 1. The Labute approximate surface area is 180 Å². The number of carboxylic acids is 1. The maximum Gasteiger partial charge on any atom is 0.323 e. The molecule has 0 aliphatic carbocycles. The maximum atomic E-state index is 12.4. The summed E-state index contributed by atoms with van der Waals surface area (Å²) >= 11 is 17.7. The SMILES string of the molecule is O=C(O)CCNS(=O)(=O)c1c(Cl)ccc(NC(=O)Nc2cccc(Cl)c2Cl)c1O. The summed E-state index contributed by atoms with van der Waals surface area (Å²) in [4.78, 5) is 22.0. The van der Waals surface area contributed by atoms with Gasteiger partial charge in [0.15, 0.2) is 5.75 Å². The van der Waals surface area contributed by atoms with Gasteiger partial charge in [-0.2, -0.15) is 0 Å². The first-order valence-electron chi connectivity index (χ1n) is 7.78. The predicted octanol–water partition coefficient (Wildman–Crippen LogP) is 3.75. The van der Waals surface area contributed by atoms with E-state index in [-0.39, 0.29) is 26.4 Å². The fraction of sp³-hybridized carbons (Fsp3) is 0.125. The standard InChI is InChI=1S/C16H14Cl3N3O6S/c17-8-2-1-3-10(13(8)19)21-16(26)22-11-5-4-9(18)15(14(11)25)29(27,28)20-7-6-12(23)24/h1-5,20,25H,6-7H2,(H,23,24)(H2,21,22,26). The van der Waals surface area contributed by atoms with Crippen molar-refractivity contribution in [3.8, 4) is 5.75 Å². The van der Waals surface area contributed by atoms with Crippen LogP contribution in [0.1, 0.15) is 6.42 Å². The monoisotopic (exact) mass is 481 g/mol. The van der Waals surface area contributed by atoms with Crippen LogP contribution in [-0.2, 0) is 14.8 Å². The van der Waals surface area contributed by atoms with Crippen LogP contribution < -0.4 is 15.4 Å². The topological polar surface area (TPSA) is 145 Å². The second kappa shape index (κ2) is 9.51. The van der Waals surface area contributed by atoms with Crippen molar-refractivity contribution in [1.29, 1.82) is 0 Å². The third-order valence-electron chi connectivity index (χ3n) is 3.43. The van der Waals surface area contributed by atoms with Gasteiger partial charge in [-0.25, -0.2) is 17.9 Å². The Balaban J connectivity index is 2.24. The number of urea groups is 1. The second-order valence-electron chi connectivity index (χ2n) is 5.49. The predicted molar refractivity (Wildman–Crippen MR) is 110 cm³/mol. The summed E-state index contributed by atoms with van der Waals surface area (Å²) in [5.74, 6) is -2.04. The first-order valence-corrected chi connectivity index (χ1v) is 10.4. The molecular weight excluding hydrogens is 469 g/mol. The molecule has 0 unspecified atom stereocenters. The van der Waals surface area contributed by atoms with Gasteiger partial charge in [0.25, 0.3) is 0 Å². The lowest BCUT2D eigenvalue weighted by atomic mass is 10.3. The average Bonchev–Trinajstić information content (AvgIpc) is 2.61. The van der Waals surface area contributed by atoms with Crippen LogP contribution >= 0.6 is 34.8 Å². The highest BCUT2D eigenvalue weighted by molar-refractivity contribution is 7.89. The number of hydrogen-bond acceptors (Lipinski definition) is 5. The molecule has 0 fully saturated rings. The van der Waals surface area contributed by atoms with Crippen LogP contribution in [0.2, 0.25) is 15.1 Å². The molecule has 0 spiro atoms. The summed E-state index contributed by atoms with van der Waals surface area (Å²) in [5.41, 5.74) is -0.0723. The highest BCUT2D eigenvalue weighted by Crippen LogP contribution is 2.37. The highest BCUT2D eigenvalue weighted by Gasteiger charge is 2.25. The fourth-order valence-electron chi connectivity index (χ4n) is 2.14. The number of amides is 2. The number of aliphatic carboxylic acids is 1. The molecule has 0 saturated heterocycles. The van der Waals surface area contributed by atoms with Crippen LogP contribution in [0.15, 0.2) is 35.2 Å². The van der Waals surface area contributed by atoms with E-state index in [1.807, 2.05) is 4.72 Å². The molecule has 2 aromatic carbocycles. The van der Waals surface area contributed by atoms with E-state index in [1.54, 1.807) is 6.07 Å². The zero-order chi connectivity index (χ0) is 21.8. The van der Waals surface area contributed by atoms with Gasteiger partial charge in [-0.3, -0.25) is 4.79 Å². The molecule has 0 atom stereocenters. The summed E-state index contributed by atoms with van der Waals surface area (Å²) < 4.78 is 26.7. The summed E-state index contributed by atoms with van der Waals surface area (Å²) in [7, 11) is -4.35. The van der Waals surface area contributed by atoms with Crippen molar-refractivity contribution in [3.05, 3.63) is 45.4 Å². The third-order valence-corrected chi connectivity index (χ3v) is 6.21. The van der Waals surface area contributed by atoms with E-state index in [1.165, 1.54) is 18.2 Å². The Morgan fingerprint density at radius 3 is 2.28 bits per heavy atom. The third kappa shape index (κ3) is 5.87. The fourth-order valence-corrected chi connectivity index (χ4v) is 4.15. The number of phenolic OH excluding ortho intramolecular Hbond substituents is 1. The minimum Gasteiger partial charge on any atom is -0.504 e. The average molecular weight is 483 g/mol. The molecule has 13 heteroatoms. The molecule has 0 heterocycles. The van der Waals surface area contributed by atoms with Crippen molar-refractivity contribution < 1.29 is 28.2 Å². The van der Waals surface area contributed by atoms with E-state index < -0.39 is 45.6 Å². The molecule has 0 aliphatic heterocycles. The minimum absolute atomic E-state index is 0.0931. The summed E-state index contributed by atoms with van der Waals surface area (Å²) in [6, 6.07) is 6.05. The number of hydrogen-bond donors (Lipinski definition) is 5. The van der Waals surface area contributed by atoms with Crippen molar-refractivity contribution in [2.24, 2.45) is 0 Å². The molecule has 0 radical (unpaired) electrons. The Bertz CT molecular complexity index is 1060. The molecule has 0 aliphatic rings. The number of anilines is 2.